The van der Waals surface area contributed by atoms with Crippen LogP contribution in [0.4, 0.5) is 13.2 Å². The Kier molecular flexibility index (Phi) is 4.98. The monoisotopic (exact) mass is 263 g/mol. The average molecular weight is 263 g/mol. The first-order chi connectivity index (χ1) is 8.40. The van der Waals surface area contributed by atoms with Crippen molar-refractivity contribution in [3.63, 3.8) is 0 Å². The lowest BCUT2D eigenvalue weighted by molar-refractivity contribution is -0.209. The predicted octanol–water partition coefficient (Wildman–Crippen LogP) is 2.05. The molecule has 2 unspecified atom stereocenters. The minimum Gasteiger partial charge on any atom is -0.494 e. The van der Waals surface area contributed by atoms with Gasteiger partial charge in [-0.1, -0.05) is 12.1 Å². The highest BCUT2D eigenvalue weighted by Gasteiger charge is 2.43. The van der Waals surface area contributed by atoms with E-state index in [1.165, 1.54) is 12.1 Å². The number of rotatable bonds is 5. The Labute approximate surface area is 103 Å². The molecule has 0 aliphatic rings. The van der Waals surface area contributed by atoms with Gasteiger partial charge in [0.15, 0.2) is 6.10 Å². The summed E-state index contributed by atoms with van der Waals surface area (Å²) in [6.45, 7) is 2.00. The third-order valence-electron chi connectivity index (χ3n) is 2.59. The van der Waals surface area contributed by atoms with E-state index in [9.17, 15) is 18.3 Å². The van der Waals surface area contributed by atoms with Gasteiger partial charge in [0.05, 0.1) is 6.61 Å². The Balaban J connectivity index is 2.89. The van der Waals surface area contributed by atoms with Crippen molar-refractivity contribution in [3.05, 3.63) is 29.8 Å². The van der Waals surface area contributed by atoms with E-state index in [1.807, 2.05) is 6.92 Å². The summed E-state index contributed by atoms with van der Waals surface area (Å²) in [6.07, 6.45) is -7.14. The number of benzene rings is 1. The Hall–Kier alpha value is -1.27. The van der Waals surface area contributed by atoms with Gasteiger partial charge in [-0.25, -0.2) is 0 Å². The van der Waals surface area contributed by atoms with E-state index < -0.39 is 18.2 Å². The normalized spacial score (nSPS) is 15.2. The van der Waals surface area contributed by atoms with Crippen LogP contribution in [0.5, 0.6) is 5.75 Å². The molecule has 0 heterocycles. The predicted molar refractivity (Wildman–Crippen MR) is 61.5 cm³/mol. The fraction of sp³-hybridized carbons (Fsp3) is 0.500. The molecule has 0 aliphatic heterocycles. The summed E-state index contributed by atoms with van der Waals surface area (Å²) in [6, 6.07) is 6.09. The molecule has 1 aromatic rings. The number of hydrogen-bond acceptors (Lipinski definition) is 3. The van der Waals surface area contributed by atoms with E-state index in [0.717, 1.165) is 0 Å². The second-order valence-electron chi connectivity index (χ2n) is 3.83. The zero-order valence-corrected chi connectivity index (χ0v) is 9.95. The van der Waals surface area contributed by atoms with Gasteiger partial charge in [0.25, 0.3) is 0 Å². The van der Waals surface area contributed by atoms with Crippen LogP contribution < -0.4 is 10.5 Å². The summed E-state index contributed by atoms with van der Waals surface area (Å²) in [7, 11) is 0. The summed E-state index contributed by atoms with van der Waals surface area (Å²) >= 11 is 0. The van der Waals surface area contributed by atoms with E-state index in [4.69, 9.17) is 10.5 Å². The van der Waals surface area contributed by atoms with Crippen LogP contribution in [0.15, 0.2) is 24.3 Å². The molecule has 3 N–H and O–H groups in total. The molecule has 0 aromatic heterocycles. The van der Waals surface area contributed by atoms with Gasteiger partial charge < -0.3 is 15.6 Å². The third-order valence-corrected chi connectivity index (χ3v) is 2.59. The van der Waals surface area contributed by atoms with E-state index in [1.54, 1.807) is 12.1 Å². The van der Waals surface area contributed by atoms with Crippen LogP contribution in [0.2, 0.25) is 0 Å². The Bertz CT molecular complexity index is 365. The highest BCUT2D eigenvalue weighted by atomic mass is 19.4. The molecule has 0 bridgehead atoms. The van der Waals surface area contributed by atoms with Crippen LogP contribution in [0.25, 0.3) is 0 Å². The molecule has 102 valence electrons. The first kappa shape index (κ1) is 14.8. The second kappa shape index (κ2) is 6.06. The zero-order chi connectivity index (χ0) is 13.8. The molecule has 3 nitrogen and oxygen atoms in total. The highest BCUT2D eigenvalue weighted by molar-refractivity contribution is 5.30. The maximum Gasteiger partial charge on any atom is 0.414 e. The largest absolute Gasteiger partial charge is 0.494 e. The molecular formula is C12H16F3NO2. The van der Waals surface area contributed by atoms with Crippen molar-refractivity contribution in [1.29, 1.82) is 0 Å². The number of ether oxygens (including phenoxy) is 1. The van der Waals surface area contributed by atoms with Crippen molar-refractivity contribution in [2.24, 2.45) is 5.73 Å². The van der Waals surface area contributed by atoms with Gasteiger partial charge in [-0.3, -0.25) is 0 Å². The number of alkyl halides is 3. The maximum atomic E-state index is 12.4. The number of aliphatic hydroxyl groups is 1. The molecule has 0 spiro atoms. The minimum atomic E-state index is -4.68. The molecule has 1 aromatic carbocycles. The van der Waals surface area contributed by atoms with Crippen molar-refractivity contribution >= 4 is 0 Å². The maximum absolute atomic E-state index is 12.4. The first-order valence-electron chi connectivity index (χ1n) is 5.57. The van der Waals surface area contributed by atoms with Crippen LogP contribution in [-0.4, -0.2) is 30.5 Å². The molecule has 0 amide bonds. The van der Waals surface area contributed by atoms with Crippen LogP contribution in [-0.2, 0) is 0 Å². The van der Waals surface area contributed by atoms with E-state index in [2.05, 4.69) is 0 Å². The SMILES string of the molecule is CCOc1ccc(C(CN)C(O)C(F)(F)F)cc1. The molecular weight excluding hydrogens is 247 g/mol. The zero-order valence-electron chi connectivity index (χ0n) is 9.95. The van der Waals surface area contributed by atoms with Crippen molar-refractivity contribution in [2.45, 2.75) is 25.1 Å². The van der Waals surface area contributed by atoms with Crippen LogP contribution in [0.1, 0.15) is 18.4 Å². The number of aliphatic hydroxyl groups excluding tert-OH is 1. The molecule has 6 heteroatoms. The molecule has 0 saturated heterocycles. The summed E-state index contributed by atoms with van der Waals surface area (Å²) < 4.78 is 42.5. The van der Waals surface area contributed by atoms with Gasteiger partial charge >= 0.3 is 6.18 Å². The van der Waals surface area contributed by atoms with Crippen molar-refractivity contribution in [2.75, 3.05) is 13.2 Å². The molecule has 0 aliphatic carbocycles. The minimum absolute atomic E-state index is 0.283. The molecule has 0 saturated carbocycles. The van der Waals surface area contributed by atoms with E-state index in [0.29, 0.717) is 17.9 Å². The highest BCUT2D eigenvalue weighted by Crippen LogP contribution is 2.31. The van der Waals surface area contributed by atoms with Gasteiger partial charge in [0.1, 0.15) is 5.75 Å². The molecule has 0 fully saturated rings. The fourth-order valence-electron chi connectivity index (χ4n) is 1.65. The quantitative estimate of drug-likeness (QED) is 0.854. The van der Waals surface area contributed by atoms with Crippen molar-refractivity contribution in [3.8, 4) is 5.75 Å². The Morgan fingerprint density at radius 2 is 1.83 bits per heavy atom. The van der Waals surface area contributed by atoms with Crippen molar-refractivity contribution < 1.29 is 23.0 Å². The van der Waals surface area contributed by atoms with Gasteiger partial charge in [-0.05, 0) is 24.6 Å². The number of halogens is 3. The standard InChI is InChI=1S/C12H16F3NO2/c1-2-18-9-5-3-8(4-6-9)10(7-16)11(17)12(13,14)15/h3-6,10-11,17H,2,7,16H2,1H3. The average Bonchev–Trinajstić information content (AvgIpc) is 2.31. The summed E-state index contributed by atoms with van der Waals surface area (Å²) in [5, 5.41) is 9.24. The Morgan fingerprint density at radius 3 is 2.22 bits per heavy atom. The van der Waals surface area contributed by atoms with E-state index in [-0.39, 0.29) is 6.54 Å². The van der Waals surface area contributed by atoms with Gasteiger partial charge in [-0.2, -0.15) is 13.2 Å². The Morgan fingerprint density at radius 1 is 1.28 bits per heavy atom. The molecule has 2 atom stereocenters. The fourth-order valence-corrected chi connectivity index (χ4v) is 1.65. The lowest BCUT2D eigenvalue weighted by Crippen LogP contribution is -2.38. The topological polar surface area (TPSA) is 55.5 Å². The molecule has 18 heavy (non-hydrogen) atoms. The molecule has 0 radical (unpaired) electrons. The third kappa shape index (κ3) is 3.61. The van der Waals surface area contributed by atoms with Crippen LogP contribution >= 0.6 is 0 Å². The van der Waals surface area contributed by atoms with Gasteiger partial charge in [0.2, 0.25) is 0 Å². The van der Waals surface area contributed by atoms with Gasteiger partial charge in [0, 0.05) is 12.5 Å². The number of nitrogens with two attached hydrogens (primary N) is 1. The van der Waals surface area contributed by atoms with E-state index >= 15 is 0 Å². The first-order valence-corrected chi connectivity index (χ1v) is 5.57. The van der Waals surface area contributed by atoms with Crippen molar-refractivity contribution in [1.82, 2.24) is 0 Å². The molecule has 1 rings (SSSR count). The summed E-state index contributed by atoms with van der Waals surface area (Å²) in [5.74, 6) is -0.598. The van der Waals surface area contributed by atoms with Crippen LogP contribution in [0.3, 0.4) is 0 Å². The smallest absolute Gasteiger partial charge is 0.414 e. The summed E-state index contributed by atoms with van der Waals surface area (Å²) in [4.78, 5) is 0. The van der Waals surface area contributed by atoms with Gasteiger partial charge in [-0.15, -0.1) is 0 Å². The van der Waals surface area contributed by atoms with Crippen LogP contribution in [0, 0.1) is 0 Å². The number of hydrogen-bond donors (Lipinski definition) is 2. The second-order valence-corrected chi connectivity index (χ2v) is 3.83. The lowest BCUT2D eigenvalue weighted by atomic mass is 9.93. The lowest BCUT2D eigenvalue weighted by Gasteiger charge is -2.24. The summed E-state index contributed by atoms with van der Waals surface area (Å²) in [5.41, 5.74) is 5.65.